The zero-order chi connectivity index (χ0) is 24.6. The van der Waals surface area contributed by atoms with Gasteiger partial charge in [-0.25, -0.2) is 0 Å². The van der Waals surface area contributed by atoms with E-state index in [-0.39, 0.29) is 17.1 Å². The van der Waals surface area contributed by atoms with Gasteiger partial charge in [0, 0.05) is 21.5 Å². The summed E-state index contributed by atoms with van der Waals surface area (Å²) in [6.07, 6.45) is 8.03. The van der Waals surface area contributed by atoms with Gasteiger partial charge >= 0.3 is 0 Å². The van der Waals surface area contributed by atoms with E-state index in [2.05, 4.69) is 16.7 Å². The molecule has 3 aromatic rings. The van der Waals surface area contributed by atoms with Gasteiger partial charge < -0.3 is 10.6 Å². The maximum atomic E-state index is 13.1. The van der Waals surface area contributed by atoms with E-state index < -0.39 is 0 Å². The highest BCUT2D eigenvalue weighted by molar-refractivity contribution is 8.00. The van der Waals surface area contributed by atoms with E-state index in [1.54, 1.807) is 17.4 Å². The van der Waals surface area contributed by atoms with Gasteiger partial charge in [-0.2, -0.15) is 5.26 Å². The molecule has 1 aliphatic carbocycles. The largest absolute Gasteiger partial charge is 0.322 e. The molecule has 0 bridgehead atoms. The molecule has 35 heavy (non-hydrogen) atoms. The van der Waals surface area contributed by atoms with Crippen molar-refractivity contribution in [3.63, 3.8) is 0 Å². The Balaban J connectivity index is 1.40. The first-order valence-electron chi connectivity index (χ1n) is 11.7. The number of aryl methyl sites for hydroxylation is 1. The number of nitrogens with zero attached hydrogens (tertiary/aromatic N) is 1. The highest BCUT2D eigenvalue weighted by Crippen LogP contribution is 2.38. The minimum atomic E-state index is -0.315. The van der Waals surface area contributed by atoms with Crippen LogP contribution in [0.3, 0.4) is 0 Å². The number of benzene rings is 2. The highest BCUT2D eigenvalue weighted by atomic mass is 32.2. The first-order valence-corrected chi connectivity index (χ1v) is 13.4. The Labute approximate surface area is 214 Å². The fourth-order valence-corrected chi connectivity index (χ4v) is 6.27. The number of anilines is 2. The van der Waals surface area contributed by atoms with Crippen LogP contribution in [0.25, 0.3) is 6.08 Å². The van der Waals surface area contributed by atoms with Gasteiger partial charge in [0.2, 0.25) is 11.8 Å². The van der Waals surface area contributed by atoms with Crippen molar-refractivity contribution in [1.29, 1.82) is 5.26 Å². The van der Waals surface area contributed by atoms with Crippen LogP contribution < -0.4 is 10.6 Å². The summed E-state index contributed by atoms with van der Waals surface area (Å²) in [5.41, 5.74) is 3.37. The Bertz CT molecular complexity index is 1280. The first-order chi connectivity index (χ1) is 17.1. The number of hydrogen-bond donors (Lipinski definition) is 2. The number of nitriles is 1. The summed E-state index contributed by atoms with van der Waals surface area (Å²) in [4.78, 5) is 27.6. The number of hydrogen-bond acceptors (Lipinski definition) is 5. The fourth-order valence-electron chi connectivity index (χ4n) is 4.02. The second-order valence-electron chi connectivity index (χ2n) is 8.29. The van der Waals surface area contributed by atoms with Crippen LogP contribution in [-0.4, -0.2) is 17.1 Å². The molecule has 7 heteroatoms. The molecular weight excluding hydrogens is 474 g/mol. The van der Waals surface area contributed by atoms with E-state index in [0.29, 0.717) is 22.7 Å². The van der Waals surface area contributed by atoms with Gasteiger partial charge in [0.1, 0.15) is 11.1 Å². The third-order valence-electron chi connectivity index (χ3n) is 5.79. The molecule has 1 aromatic heterocycles. The van der Waals surface area contributed by atoms with Crippen LogP contribution in [0.2, 0.25) is 0 Å². The number of amides is 2. The number of nitrogens with one attached hydrogen (secondary N) is 2. The van der Waals surface area contributed by atoms with E-state index in [0.717, 1.165) is 41.7 Å². The van der Waals surface area contributed by atoms with Gasteiger partial charge in [0.15, 0.2) is 0 Å². The lowest BCUT2D eigenvalue weighted by Gasteiger charge is -2.15. The molecule has 2 N–H and O–H groups in total. The van der Waals surface area contributed by atoms with Crippen molar-refractivity contribution in [3.05, 3.63) is 82.2 Å². The summed E-state index contributed by atoms with van der Waals surface area (Å²) in [7, 11) is 0. The molecule has 1 aliphatic rings. The molecular formula is C28H27N3O2S2. The zero-order valence-corrected chi connectivity index (χ0v) is 21.2. The summed E-state index contributed by atoms with van der Waals surface area (Å²) >= 11 is 3.00. The summed E-state index contributed by atoms with van der Waals surface area (Å²) in [6.45, 7) is 1.97. The van der Waals surface area contributed by atoms with Crippen LogP contribution >= 0.6 is 23.1 Å². The number of rotatable bonds is 8. The zero-order valence-electron chi connectivity index (χ0n) is 19.5. The van der Waals surface area contributed by atoms with Crippen molar-refractivity contribution in [1.82, 2.24) is 0 Å². The van der Waals surface area contributed by atoms with Crippen molar-refractivity contribution in [2.24, 2.45) is 0 Å². The van der Waals surface area contributed by atoms with Crippen molar-refractivity contribution in [2.45, 2.75) is 49.2 Å². The van der Waals surface area contributed by atoms with E-state index in [9.17, 15) is 14.9 Å². The van der Waals surface area contributed by atoms with Crippen molar-refractivity contribution >= 4 is 51.7 Å². The van der Waals surface area contributed by atoms with Gasteiger partial charge in [-0.3, -0.25) is 9.59 Å². The maximum absolute atomic E-state index is 13.1. The summed E-state index contributed by atoms with van der Waals surface area (Å²) < 4.78 is 0. The lowest BCUT2D eigenvalue weighted by molar-refractivity contribution is -0.115. The lowest BCUT2D eigenvalue weighted by atomic mass is 9.96. The van der Waals surface area contributed by atoms with Crippen molar-refractivity contribution in [3.8, 4) is 6.07 Å². The quantitative estimate of drug-likeness (QED) is 0.267. The predicted octanol–water partition coefficient (Wildman–Crippen LogP) is 6.66. The van der Waals surface area contributed by atoms with Gasteiger partial charge in [-0.1, -0.05) is 43.3 Å². The Kier molecular flexibility index (Phi) is 8.40. The lowest BCUT2D eigenvalue weighted by Crippen LogP contribution is -2.24. The first kappa shape index (κ1) is 24.8. The van der Waals surface area contributed by atoms with Crippen LogP contribution in [0, 0.1) is 11.3 Å². The van der Waals surface area contributed by atoms with E-state index in [1.165, 1.54) is 22.7 Å². The molecule has 0 aliphatic heterocycles. The Morgan fingerprint density at radius 3 is 2.69 bits per heavy atom. The number of carbonyl (C=O) groups is 2. The summed E-state index contributed by atoms with van der Waals surface area (Å²) in [6, 6.07) is 19.4. The van der Waals surface area contributed by atoms with Crippen LogP contribution in [-0.2, 0) is 22.4 Å². The van der Waals surface area contributed by atoms with E-state index >= 15 is 0 Å². The predicted molar refractivity (Wildman–Crippen MR) is 145 cm³/mol. The molecule has 5 nitrogen and oxygen atoms in total. The molecule has 1 atom stereocenters. The van der Waals surface area contributed by atoms with E-state index in [4.69, 9.17) is 0 Å². The SMILES string of the molecule is CCC(Sc1cccc(NC(=O)/C=C/c2ccccc2)c1)C(=O)Nc1sc2c(c1C#N)CCCC2. The minimum Gasteiger partial charge on any atom is -0.322 e. The molecule has 0 saturated carbocycles. The van der Waals surface area contributed by atoms with Gasteiger partial charge in [-0.05, 0) is 67.5 Å². The molecule has 2 amide bonds. The maximum Gasteiger partial charge on any atom is 0.248 e. The molecule has 1 unspecified atom stereocenters. The van der Waals surface area contributed by atoms with Crippen LogP contribution in [0.15, 0.2) is 65.6 Å². The van der Waals surface area contributed by atoms with Crippen LogP contribution in [0.5, 0.6) is 0 Å². The highest BCUT2D eigenvalue weighted by Gasteiger charge is 2.24. The molecule has 0 radical (unpaired) electrons. The molecule has 0 saturated heterocycles. The number of thiophene rings is 1. The number of carbonyl (C=O) groups excluding carboxylic acids is 2. The third kappa shape index (κ3) is 6.41. The van der Waals surface area contributed by atoms with Gasteiger partial charge in [0.05, 0.1) is 10.8 Å². The standard InChI is InChI=1S/C28H27N3O2S2/c1-2-24(27(33)31-28-23(18-29)22-13-6-7-14-25(22)35-28)34-21-12-8-11-20(17-21)30-26(32)16-15-19-9-4-3-5-10-19/h3-5,8-12,15-17,24H,2,6-7,13-14H2,1H3,(H,30,32)(H,31,33)/b16-15+. The van der Waals surface area contributed by atoms with Crippen LogP contribution in [0.4, 0.5) is 10.7 Å². The average Bonchev–Trinajstić information content (AvgIpc) is 3.23. The van der Waals surface area contributed by atoms with Crippen molar-refractivity contribution in [2.75, 3.05) is 10.6 Å². The van der Waals surface area contributed by atoms with Crippen molar-refractivity contribution < 1.29 is 9.59 Å². The van der Waals surface area contributed by atoms with E-state index in [1.807, 2.05) is 61.5 Å². The minimum absolute atomic E-state index is 0.104. The molecule has 4 rings (SSSR count). The molecule has 0 fully saturated rings. The number of fused-ring (bicyclic) bond motifs is 1. The normalized spacial score (nSPS) is 13.6. The third-order valence-corrected chi connectivity index (χ3v) is 8.35. The van der Waals surface area contributed by atoms with Gasteiger partial charge in [-0.15, -0.1) is 23.1 Å². The number of thioether (sulfide) groups is 1. The molecule has 0 spiro atoms. The van der Waals surface area contributed by atoms with Gasteiger partial charge in [0.25, 0.3) is 0 Å². The average molecular weight is 502 g/mol. The Morgan fingerprint density at radius 1 is 1.11 bits per heavy atom. The second-order valence-corrected chi connectivity index (χ2v) is 10.7. The molecule has 2 aromatic carbocycles. The summed E-state index contributed by atoms with van der Waals surface area (Å²) in [5, 5.41) is 15.9. The monoisotopic (exact) mass is 501 g/mol. The van der Waals surface area contributed by atoms with Crippen LogP contribution in [0.1, 0.15) is 47.8 Å². The molecule has 1 heterocycles. The topological polar surface area (TPSA) is 82.0 Å². The molecule has 178 valence electrons. The second kappa shape index (κ2) is 11.9. The smallest absolute Gasteiger partial charge is 0.248 e. The summed E-state index contributed by atoms with van der Waals surface area (Å²) in [5.74, 6) is -0.320. The Morgan fingerprint density at radius 2 is 1.91 bits per heavy atom. The Hall–Kier alpha value is -3.34. The fraction of sp³-hybridized carbons (Fsp3) is 0.250.